The normalized spacial score (nSPS) is 13.8. The van der Waals surface area contributed by atoms with Gasteiger partial charge in [-0.05, 0) is 49.2 Å². The molecule has 0 atom stereocenters. The van der Waals surface area contributed by atoms with E-state index < -0.39 is 0 Å². The van der Waals surface area contributed by atoms with Crippen molar-refractivity contribution in [2.75, 3.05) is 30.4 Å². The fraction of sp³-hybridized carbons (Fsp3) is 0.231. The van der Waals surface area contributed by atoms with E-state index >= 15 is 0 Å². The number of amides is 3. The maximum Gasteiger partial charge on any atom is 0.324 e. The number of hydrogen-bond acceptors (Lipinski definition) is 3. The summed E-state index contributed by atoms with van der Waals surface area (Å²) in [6.45, 7) is 3.98. The van der Waals surface area contributed by atoms with Crippen LogP contribution in [0.3, 0.4) is 0 Å². The first-order valence-electron chi connectivity index (χ1n) is 10.7. The van der Waals surface area contributed by atoms with Crippen molar-refractivity contribution in [2.24, 2.45) is 0 Å². The molecule has 3 aromatic rings. The summed E-state index contributed by atoms with van der Waals surface area (Å²) in [6.07, 6.45) is 0.873. The molecule has 3 aromatic carbocycles. The Balaban J connectivity index is 1.49. The monoisotopic (exact) mass is 429 g/mol. The van der Waals surface area contributed by atoms with Gasteiger partial charge in [0.05, 0.1) is 7.11 Å². The third-order valence-electron chi connectivity index (χ3n) is 5.51. The molecular formula is C26H27N3O3. The van der Waals surface area contributed by atoms with Crippen LogP contribution >= 0.6 is 0 Å². The first-order valence-corrected chi connectivity index (χ1v) is 10.7. The maximum atomic E-state index is 13.2. The van der Waals surface area contributed by atoms with Gasteiger partial charge in [0.2, 0.25) is 0 Å². The van der Waals surface area contributed by atoms with Gasteiger partial charge in [0.25, 0.3) is 5.91 Å². The average Bonchev–Trinajstić information content (AvgIpc) is 2.81. The van der Waals surface area contributed by atoms with Gasteiger partial charge in [0.15, 0.2) is 0 Å². The van der Waals surface area contributed by atoms with E-state index in [1.54, 1.807) is 30.2 Å². The van der Waals surface area contributed by atoms with Crippen LogP contribution in [0.5, 0.6) is 5.75 Å². The van der Waals surface area contributed by atoms with Crippen LogP contribution < -0.4 is 15.0 Å². The molecule has 1 aliphatic heterocycles. The lowest BCUT2D eigenvalue weighted by Gasteiger charge is -2.36. The number of rotatable bonds is 6. The minimum absolute atomic E-state index is 0.0388. The van der Waals surface area contributed by atoms with Crippen LogP contribution in [0.2, 0.25) is 0 Å². The number of urea groups is 1. The number of benzene rings is 3. The topological polar surface area (TPSA) is 61.9 Å². The number of carbonyl (C=O) groups excluding carboxylic acids is 2. The number of anilines is 2. The van der Waals surface area contributed by atoms with Crippen LogP contribution in [0.1, 0.15) is 27.9 Å². The highest BCUT2D eigenvalue weighted by Crippen LogP contribution is 2.24. The molecule has 0 spiro atoms. The molecule has 0 radical (unpaired) electrons. The molecule has 6 nitrogen and oxygen atoms in total. The van der Waals surface area contributed by atoms with Crippen LogP contribution in [0.25, 0.3) is 0 Å². The van der Waals surface area contributed by atoms with Crippen molar-refractivity contribution >= 4 is 23.3 Å². The van der Waals surface area contributed by atoms with Crippen molar-refractivity contribution in [3.8, 4) is 5.75 Å². The number of methoxy groups -OCH3 is 1. The van der Waals surface area contributed by atoms with E-state index in [0.29, 0.717) is 30.1 Å². The quantitative estimate of drug-likeness (QED) is 0.594. The second-order valence-electron chi connectivity index (χ2n) is 7.93. The molecule has 0 aliphatic carbocycles. The van der Waals surface area contributed by atoms with Gasteiger partial charge < -0.3 is 15.0 Å². The second kappa shape index (κ2) is 9.56. The third-order valence-corrected chi connectivity index (χ3v) is 5.51. The van der Waals surface area contributed by atoms with Gasteiger partial charge in [-0.25, -0.2) is 4.79 Å². The Morgan fingerprint density at radius 3 is 2.62 bits per heavy atom. The summed E-state index contributed by atoms with van der Waals surface area (Å²) in [5, 5.41) is 2.89. The Labute approximate surface area is 188 Å². The summed E-state index contributed by atoms with van der Waals surface area (Å²) in [6, 6.07) is 22.6. The number of ether oxygens (including phenoxy) is 1. The molecule has 6 heteroatoms. The van der Waals surface area contributed by atoms with Crippen LogP contribution in [0, 0.1) is 6.92 Å². The third kappa shape index (κ3) is 4.91. The first-order chi connectivity index (χ1) is 15.5. The van der Waals surface area contributed by atoms with E-state index in [1.165, 1.54) is 5.56 Å². The predicted molar refractivity (Wildman–Crippen MR) is 126 cm³/mol. The molecular weight excluding hydrogens is 402 g/mol. The van der Waals surface area contributed by atoms with Gasteiger partial charge in [-0.2, -0.15) is 0 Å². The molecule has 4 rings (SSSR count). The van der Waals surface area contributed by atoms with Gasteiger partial charge in [-0.1, -0.05) is 42.0 Å². The average molecular weight is 430 g/mol. The molecule has 1 aliphatic rings. The van der Waals surface area contributed by atoms with Crippen molar-refractivity contribution in [2.45, 2.75) is 19.9 Å². The van der Waals surface area contributed by atoms with Gasteiger partial charge in [0, 0.05) is 42.6 Å². The second-order valence-corrected chi connectivity index (χ2v) is 7.93. The summed E-state index contributed by atoms with van der Waals surface area (Å²) in [7, 11) is 1.59. The highest BCUT2D eigenvalue weighted by molar-refractivity contribution is 6.05. The SMILES string of the molecule is COc1cccc(NC(=O)c2cccc(N3CCCN(Cc4cccc(C)c4)C3=O)c2)c1. The number of carbonyl (C=O) groups is 2. The lowest BCUT2D eigenvalue weighted by molar-refractivity contribution is 0.102. The van der Waals surface area contributed by atoms with E-state index in [9.17, 15) is 9.59 Å². The highest BCUT2D eigenvalue weighted by Gasteiger charge is 2.27. The van der Waals surface area contributed by atoms with E-state index in [-0.39, 0.29) is 11.9 Å². The fourth-order valence-corrected chi connectivity index (χ4v) is 3.92. The minimum Gasteiger partial charge on any atom is -0.497 e. The molecule has 3 amide bonds. The Kier molecular flexibility index (Phi) is 6.40. The van der Waals surface area contributed by atoms with E-state index in [0.717, 1.165) is 24.2 Å². The van der Waals surface area contributed by atoms with Crippen LogP contribution in [-0.4, -0.2) is 37.0 Å². The number of hydrogen-bond donors (Lipinski definition) is 1. The van der Waals surface area contributed by atoms with Crippen LogP contribution in [0.15, 0.2) is 72.8 Å². The molecule has 0 saturated carbocycles. The van der Waals surface area contributed by atoms with E-state index in [4.69, 9.17) is 4.74 Å². The molecule has 1 saturated heterocycles. The lowest BCUT2D eigenvalue weighted by Crippen LogP contribution is -2.49. The van der Waals surface area contributed by atoms with Gasteiger partial charge in [-0.3, -0.25) is 9.69 Å². The van der Waals surface area contributed by atoms with E-state index in [1.807, 2.05) is 47.4 Å². The smallest absolute Gasteiger partial charge is 0.324 e. The van der Waals surface area contributed by atoms with Gasteiger partial charge in [0.1, 0.15) is 5.75 Å². The van der Waals surface area contributed by atoms with Crippen molar-refractivity contribution in [1.82, 2.24) is 4.90 Å². The number of nitrogens with zero attached hydrogens (tertiary/aromatic N) is 2. The number of aryl methyl sites for hydroxylation is 1. The minimum atomic E-state index is -0.235. The molecule has 0 aromatic heterocycles. The summed E-state index contributed by atoms with van der Waals surface area (Å²) in [5.41, 5.74) is 4.17. The Bertz CT molecular complexity index is 1130. The Morgan fingerprint density at radius 2 is 1.81 bits per heavy atom. The standard InChI is InChI=1S/C26H27N3O3/c1-19-7-3-8-20(15-19)18-28-13-6-14-29(26(28)31)23-11-4-9-21(16-23)25(30)27-22-10-5-12-24(17-22)32-2/h3-5,7-12,15-17H,6,13-14,18H2,1-2H3,(H,27,30). The van der Waals surface area contributed by atoms with Crippen molar-refractivity contribution in [1.29, 1.82) is 0 Å². The molecule has 32 heavy (non-hydrogen) atoms. The summed E-state index contributed by atoms with van der Waals surface area (Å²) in [4.78, 5) is 29.6. The largest absolute Gasteiger partial charge is 0.497 e. The van der Waals surface area contributed by atoms with Crippen LogP contribution in [-0.2, 0) is 6.54 Å². The van der Waals surface area contributed by atoms with Gasteiger partial charge >= 0.3 is 6.03 Å². The molecule has 1 heterocycles. The summed E-state index contributed by atoms with van der Waals surface area (Å²) >= 11 is 0. The fourth-order valence-electron chi connectivity index (χ4n) is 3.92. The predicted octanol–water partition coefficient (Wildman–Crippen LogP) is 5.09. The Morgan fingerprint density at radius 1 is 1.00 bits per heavy atom. The molecule has 1 fully saturated rings. The van der Waals surface area contributed by atoms with Crippen molar-refractivity contribution in [3.05, 3.63) is 89.5 Å². The van der Waals surface area contributed by atoms with Crippen molar-refractivity contribution < 1.29 is 14.3 Å². The maximum absolute atomic E-state index is 13.2. The van der Waals surface area contributed by atoms with E-state index in [2.05, 4.69) is 24.4 Å². The Hall–Kier alpha value is -3.80. The zero-order valence-electron chi connectivity index (χ0n) is 18.4. The van der Waals surface area contributed by atoms with Crippen molar-refractivity contribution in [3.63, 3.8) is 0 Å². The lowest BCUT2D eigenvalue weighted by atomic mass is 10.1. The molecule has 164 valence electrons. The highest BCUT2D eigenvalue weighted by atomic mass is 16.5. The molecule has 0 unspecified atom stereocenters. The van der Waals surface area contributed by atoms with Crippen LogP contribution in [0.4, 0.5) is 16.2 Å². The molecule has 0 bridgehead atoms. The van der Waals surface area contributed by atoms with Gasteiger partial charge in [-0.15, -0.1) is 0 Å². The molecule has 1 N–H and O–H groups in total. The summed E-state index contributed by atoms with van der Waals surface area (Å²) in [5.74, 6) is 0.436. The first kappa shape index (κ1) is 21.4. The number of nitrogens with one attached hydrogen (secondary N) is 1. The zero-order chi connectivity index (χ0) is 22.5. The zero-order valence-corrected chi connectivity index (χ0v) is 18.4. The summed E-state index contributed by atoms with van der Waals surface area (Å²) < 4.78 is 5.21.